The van der Waals surface area contributed by atoms with Gasteiger partial charge in [-0.05, 0) is 69.9 Å². The zero-order chi connectivity index (χ0) is 21.3. The summed E-state index contributed by atoms with van der Waals surface area (Å²) in [6.07, 6.45) is 8.11. The Bertz CT molecular complexity index is 545. The number of hydrogen-bond acceptors (Lipinski definition) is 5. The molecule has 0 aromatic heterocycles. The summed E-state index contributed by atoms with van der Waals surface area (Å²) in [5.41, 5.74) is 0. The second-order valence-corrected chi connectivity index (χ2v) is 9.79. The first-order chi connectivity index (χ1) is 14.5. The Morgan fingerprint density at radius 2 is 1.59 bits per heavy atom. The molecule has 32 heavy (non-hydrogen) atoms. The fraction of sp³-hybridized carbons (Fsp3) is 0.913. The summed E-state index contributed by atoms with van der Waals surface area (Å²) in [4.78, 5) is 29.1. The molecule has 7 nitrogen and oxygen atoms in total. The minimum atomic E-state index is -0.0669. The van der Waals surface area contributed by atoms with Gasteiger partial charge in [0.1, 0.15) is 0 Å². The van der Waals surface area contributed by atoms with Crippen LogP contribution in [-0.4, -0.2) is 79.8 Å². The van der Waals surface area contributed by atoms with E-state index in [0.29, 0.717) is 30.9 Å². The van der Waals surface area contributed by atoms with Crippen LogP contribution in [0.25, 0.3) is 0 Å². The van der Waals surface area contributed by atoms with Gasteiger partial charge >= 0.3 is 12.0 Å². The number of piperidine rings is 1. The van der Waals surface area contributed by atoms with Crippen molar-refractivity contribution in [3.8, 4) is 0 Å². The van der Waals surface area contributed by atoms with Gasteiger partial charge in [-0.1, -0.05) is 13.8 Å². The van der Waals surface area contributed by atoms with Gasteiger partial charge < -0.3 is 20.3 Å². The van der Waals surface area contributed by atoms with Crippen LogP contribution in [0, 0.1) is 11.8 Å². The van der Waals surface area contributed by atoms with Crippen LogP contribution in [0.4, 0.5) is 4.79 Å². The number of piperazine rings is 1. The van der Waals surface area contributed by atoms with Gasteiger partial charge in [-0.3, -0.25) is 9.69 Å². The molecule has 0 bridgehead atoms. The van der Waals surface area contributed by atoms with E-state index in [1.165, 1.54) is 12.8 Å². The van der Waals surface area contributed by atoms with Crippen LogP contribution in [-0.2, 0) is 9.53 Å². The van der Waals surface area contributed by atoms with Crippen LogP contribution in [0.5, 0.6) is 0 Å². The van der Waals surface area contributed by atoms with Gasteiger partial charge in [0.2, 0.25) is 0 Å². The number of esters is 1. The molecule has 1 saturated carbocycles. The van der Waals surface area contributed by atoms with Gasteiger partial charge in [0.15, 0.2) is 0 Å². The van der Waals surface area contributed by atoms with Gasteiger partial charge in [0.05, 0.1) is 6.61 Å². The number of ether oxygens (including phenoxy) is 1. The lowest BCUT2D eigenvalue weighted by Gasteiger charge is -2.41. The summed E-state index contributed by atoms with van der Waals surface area (Å²) in [5.74, 6) is 0.904. The third kappa shape index (κ3) is 9.62. The van der Waals surface area contributed by atoms with E-state index < -0.39 is 0 Å². The number of rotatable bonds is 7. The predicted molar refractivity (Wildman–Crippen MR) is 133 cm³/mol. The summed E-state index contributed by atoms with van der Waals surface area (Å²) >= 11 is 0. The van der Waals surface area contributed by atoms with E-state index in [-0.39, 0.29) is 42.9 Å². The highest BCUT2D eigenvalue weighted by molar-refractivity contribution is 5.85. The van der Waals surface area contributed by atoms with Crippen molar-refractivity contribution in [2.45, 2.75) is 77.3 Å². The van der Waals surface area contributed by atoms with Gasteiger partial charge in [-0.2, -0.15) is 0 Å². The fourth-order valence-electron chi connectivity index (χ4n) is 4.98. The molecule has 3 rings (SSSR count). The lowest BCUT2D eigenvalue weighted by atomic mass is 9.83. The number of nitrogens with one attached hydrogen (secondary N) is 2. The predicted octanol–water partition coefficient (Wildman–Crippen LogP) is 3.45. The third-order valence-electron chi connectivity index (χ3n) is 6.94. The minimum absolute atomic E-state index is 0. The summed E-state index contributed by atoms with van der Waals surface area (Å²) < 4.78 is 5.27. The third-order valence-corrected chi connectivity index (χ3v) is 6.94. The molecule has 3 aliphatic rings. The average Bonchev–Trinajstić information content (AvgIpc) is 2.78. The number of urea groups is 1. The van der Waals surface area contributed by atoms with Crippen LogP contribution in [0.2, 0.25) is 0 Å². The molecule has 2 saturated heterocycles. The smallest absolute Gasteiger partial charge is 0.317 e. The number of nitrogens with zero attached hydrogens (tertiary/aromatic N) is 2. The van der Waals surface area contributed by atoms with Crippen molar-refractivity contribution in [1.82, 2.24) is 20.4 Å². The number of amides is 2. The first-order valence-corrected chi connectivity index (χ1v) is 12.2. The van der Waals surface area contributed by atoms with E-state index in [2.05, 4.69) is 29.4 Å². The van der Waals surface area contributed by atoms with Crippen LogP contribution < -0.4 is 10.6 Å². The van der Waals surface area contributed by atoms with E-state index in [4.69, 9.17) is 4.74 Å². The second kappa shape index (κ2) is 15.2. The number of carbonyl (C=O) groups is 2. The van der Waals surface area contributed by atoms with Gasteiger partial charge in [-0.15, -0.1) is 24.8 Å². The van der Waals surface area contributed by atoms with E-state index in [9.17, 15) is 9.59 Å². The normalized spacial score (nSPS) is 24.9. The summed E-state index contributed by atoms with van der Waals surface area (Å²) in [5, 5.41) is 6.70. The first-order valence-electron chi connectivity index (χ1n) is 12.2. The monoisotopic (exact) mass is 494 g/mol. The molecular formula is C23H44Cl2N4O3. The van der Waals surface area contributed by atoms with Crippen molar-refractivity contribution in [3.63, 3.8) is 0 Å². The highest BCUT2D eigenvalue weighted by atomic mass is 35.5. The van der Waals surface area contributed by atoms with Crippen molar-refractivity contribution >= 4 is 36.8 Å². The Balaban J connectivity index is 0.00000256. The second-order valence-electron chi connectivity index (χ2n) is 9.79. The lowest BCUT2D eigenvalue weighted by molar-refractivity contribution is -0.145. The molecule has 0 atom stereocenters. The van der Waals surface area contributed by atoms with Crippen molar-refractivity contribution in [1.29, 1.82) is 0 Å². The SMILES string of the molecule is CC(C)COC(=O)CC[C@H]1CC[C@H](NC(=O)N2CCN(C3CCNCC3)CC2)CC1.Cl.Cl. The zero-order valence-corrected chi connectivity index (χ0v) is 21.5. The molecule has 0 aromatic carbocycles. The molecule has 1 aliphatic carbocycles. The maximum absolute atomic E-state index is 12.7. The largest absolute Gasteiger partial charge is 0.465 e. The van der Waals surface area contributed by atoms with E-state index in [1.807, 2.05) is 4.90 Å². The quantitative estimate of drug-likeness (QED) is 0.530. The maximum atomic E-state index is 12.7. The molecule has 0 radical (unpaired) electrons. The standard InChI is InChI=1S/C23H42N4O3.2ClH/c1-18(2)17-30-22(28)8-5-19-3-6-20(7-4-19)25-23(29)27-15-13-26(14-16-27)21-9-11-24-12-10-21;;/h18-21,24H,3-17H2,1-2H3,(H,25,29);2*1H/t19-,20-;;. The summed E-state index contributed by atoms with van der Waals surface area (Å²) in [7, 11) is 0. The van der Waals surface area contributed by atoms with Crippen molar-refractivity contribution in [2.24, 2.45) is 11.8 Å². The zero-order valence-electron chi connectivity index (χ0n) is 19.9. The van der Waals surface area contributed by atoms with E-state index in [1.54, 1.807) is 0 Å². The topological polar surface area (TPSA) is 73.9 Å². The summed E-state index contributed by atoms with van der Waals surface area (Å²) in [6, 6.07) is 1.08. The van der Waals surface area contributed by atoms with Crippen molar-refractivity contribution in [3.05, 3.63) is 0 Å². The maximum Gasteiger partial charge on any atom is 0.317 e. The Kier molecular flexibility index (Phi) is 13.9. The van der Waals surface area contributed by atoms with Gasteiger partial charge in [-0.25, -0.2) is 4.79 Å². The molecule has 2 N–H and O–H groups in total. The minimum Gasteiger partial charge on any atom is -0.465 e. The highest BCUT2D eigenvalue weighted by Crippen LogP contribution is 2.28. The number of hydrogen-bond donors (Lipinski definition) is 2. The van der Waals surface area contributed by atoms with Gasteiger partial charge in [0.25, 0.3) is 0 Å². The fourth-order valence-corrected chi connectivity index (χ4v) is 4.98. The Morgan fingerprint density at radius 1 is 0.969 bits per heavy atom. The van der Waals surface area contributed by atoms with Crippen LogP contribution in [0.1, 0.15) is 65.2 Å². The highest BCUT2D eigenvalue weighted by Gasteiger charge is 2.29. The molecule has 188 valence electrons. The van der Waals surface area contributed by atoms with E-state index in [0.717, 1.165) is 71.4 Å². The number of carbonyl (C=O) groups excluding carboxylic acids is 2. The molecule has 0 aromatic rings. The molecule has 2 heterocycles. The van der Waals surface area contributed by atoms with Crippen LogP contribution in [0.3, 0.4) is 0 Å². The van der Waals surface area contributed by atoms with Gasteiger partial charge in [0, 0.05) is 44.7 Å². The first kappa shape index (κ1) is 29.3. The van der Waals surface area contributed by atoms with Crippen LogP contribution >= 0.6 is 24.8 Å². The Labute approximate surface area is 206 Å². The Hall–Kier alpha value is -0.760. The van der Waals surface area contributed by atoms with E-state index >= 15 is 0 Å². The molecule has 0 unspecified atom stereocenters. The number of halogens is 2. The molecular weight excluding hydrogens is 451 g/mol. The molecule has 3 fully saturated rings. The van der Waals surface area contributed by atoms with Crippen molar-refractivity contribution < 1.29 is 14.3 Å². The molecule has 0 spiro atoms. The summed E-state index contributed by atoms with van der Waals surface area (Å²) in [6.45, 7) is 10.5. The Morgan fingerprint density at radius 3 is 2.19 bits per heavy atom. The molecule has 9 heteroatoms. The molecule has 2 amide bonds. The van der Waals surface area contributed by atoms with Crippen LogP contribution in [0.15, 0.2) is 0 Å². The lowest BCUT2D eigenvalue weighted by Crippen LogP contribution is -2.56. The van der Waals surface area contributed by atoms with Crippen molar-refractivity contribution in [2.75, 3.05) is 45.9 Å². The molecule has 2 aliphatic heterocycles. The average molecular weight is 496 g/mol.